The van der Waals surface area contributed by atoms with Gasteiger partial charge < -0.3 is 4.74 Å². The average molecular weight is 168 g/mol. The summed E-state index contributed by atoms with van der Waals surface area (Å²) in [5, 5.41) is 7.02. The van der Waals surface area contributed by atoms with E-state index in [1.165, 1.54) is 5.56 Å². The number of ether oxygens (including phenoxy) is 1. The van der Waals surface area contributed by atoms with Crippen molar-refractivity contribution in [2.45, 2.75) is 40.4 Å². The summed E-state index contributed by atoms with van der Waals surface area (Å²) in [6, 6.07) is 0. The maximum Gasteiger partial charge on any atom is 0.0756 e. The fourth-order valence-corrected chi connectivity index (χ4v) is 1.04. The van der Waals surface area contributed by atoms with E-state index < -0.39 is 0 Å². The highest BCUT2D eigenvalue weighted by atomic mass is 16.5. The Kier molecular flexibility index (Phi) is 2.87. The van der Waals surface area contributed by atoms with Crippen LogP contribution in [-0.2, 0) is 11.3 Å². The number of nitrogens with zero attached hydrogens (tertiary/aromatic N) is 1. The van der Waals surface area contributed by atoms with E-state index in [-0.39, 0.29) is 6.10 Å². The van der Waals surface area contributed by atoms with Gasteiger partial charge in [-0.3, -0.25) is 5.10 Å². The van der Waals surface area contributed by atoms with Crippen LogP contribution in [0.1, 0.15) is 30.8 Å². The second-order valence-corrected chi connectivity index (χ2v) is 3.27. The standard InChI is InChI=1S/C9H16N2O/c1-6(2)12-5-9-7(3)10-11-8(9)4/h6H,5H2,1-4H3,(H,10,11). The van der Waals surface area contributed by atoms with Crippen LogP contribution in [0.25, 0.3) is 0 Å². The Morgan fingerprint density at radius 2 is 2.08 bits per heavy atom. The highest BCUT2D eigenvalue weighted by molar-refractivity contribution is 5.21. The summed E-state index contributed by atoms with van der Waals surface area (Å²) in [5.74, 6) is 0. The summed E-state index contributed by atoms with van der Waals surface area (Å²) in [5.41, 5.74) is 3.32. The second kappa shape index (κ2) is 3.72. The van der Waals surface area contributed by atoms with Crippen molar-refractivity contribution in [2.75, 3.05) is 0 Å². The van der Waals surface area contributed by atoms with Crippen molar-refractivity contribution in [1.82, 2.24) is 10.2 Å². The molecule has 0 atom stereocenters. The first-order valence-electron chi connectivity index (χ1n) is 4.23. The zero-order valence-corrected chi connectivity index (χ0v) is 8.14. The predicted molar refractivity (Wildman–Crippen MR) is 48.0 cm³/mol. The number of rotatable bonds is 3. The van der Waals surface area contributed by atoms with Gasteiger partial charge in [-0.15, -0.1) is 0 Å². The lowest BCUT2D eigenvalue weighted by molar-refractivity contribution is 0.0651. The lowest BCUT2D eigenvalue weighted by Crippen LogP contribution is -2.03. The van der Waals surface area contributed by atoms with E-state index in [2.05, 4.69) is 10.2 Å². The van der Waals surface area contributed by atoms with Crippen LogP contribution in [0.15, 0.2) is 0 Å². The van der Waals surface area contributed by atoms with Crippen molar-refractivity contribution in [1.29, 1.82) is 0 Å². The van der Waals surface area contributed by atoms with Gasteiger partial charge in [0.1, 0.15) is 0 Å². The molecule has 12 heavy (non-hydrogen) atoms. The van der Waals surface area contributed by atoms with Gasteiger partial charge in [-0.05, 0) is 27.7 Å². The van der Waals surface area contributed by atoms with E-state index >= 15 is 0 Å². The predicted octanol–water partition coefficient (Wildman–Crippen LogP) is 1.95. The van der Waals surface area contributed by atoms with E-state index in [1.54, 1.807) is 0 Å². The Labute approximate surface area is 73.1 Å². The first kappa shape index (κ1) is 9.26. The van der Waals surface area contributed by atoms with Crippen LogP contribution in [-0.4, -0.2) is 16.3 Å². The zero-order chi connectivity index (χ0) is 9.14. The van der Waals surface area contributed by atoms with Crippen molar-refractivity contribution in [3.05, 3.63) is 17.0 Å². The minimum absolute atomic E-state index is 0.277. The van der Waals surface area contributed by atoms with Crippen molar-refractivity contribution in [3.63, 3.8) is 0 Å². The molecule has 3 heteroatoms. The SMILES string of the molecule is Cc1n[nH]c(C)c1COC(C)C. The summed E-state index contributed by atoms with van der Waals surface area (Å²) in [4.78, 5) is 0. The first-order valence-corrected chi connectivity index (χ1v) is 4.23. The largest absolute Gasteiger partial charge is 0.374 e. The van der Waals surface area contributed by atoms with Crippen molar-refractivity contribution < 1.29 is 4.74 Å². The number of aromatic nitrogens is 2. The van der Waals surface area contributed by atoms with E-state index in [0.29, 0.717) is 6.61 Å². The van der Waals surface area contributed by atoms with Gasteiger partial charge in [-0.25, -0.2) is 0 Å². The molecule has 0 aliphatic carbocycles. The molecule has 1 aromatic heterocycles. The van der Waals surface area contributed by atoms with Crippen LogP contribution >= 0.6 is 0 Å². The Morgan fingerprint density at radius 1 is 1.42 bits per heavy atom. The van der Waals surface area contributed by atoms with Gasteiger partial charge in [0, 0.05) is 11.3 Å². The average Bonchev–Trinajstić information content (AvgIpc) is 2.28. The number of hydrogen-bond acceptors (Lipinski definition) is 2. The third kappa shape index (κ3) is 2.08. The van der Waals surface area contributed by atoms with Gasteiger partial charge in [-0.2, -0.15) is 5.10 Å². The Bertz CT molecular complexity index is 234. The Morgan fingerprint density at radius 3 is 2.50 bits per heavy atom. The van der Waals surface area contributed by atoms with Crippen molar-refractivity contribution in [3.8, 4) is 0 Å². The molecular formula is C9H16N2O. The lowest BCUT2D eigenvalue weighted by Gasteiger charge is -2.06. The van der Waals surface area contributed by atoms with E-state index in [4.69, 9.17) is 4.74 Å². The molecule has 0 aromatic carbocycles. The highest BCUT2D eigenvalue weighted by Gasteiger charge is 2.06. The topological polar surface area (TPSA) is 37.9 Å². The number of aromatic amines is 1. The van der Waals surface area contributed by atoms with Gasteiger partial charge >= 0.3 is 0 Å². The Balaban J connectivity index is 2.62. The monoisotopic (exact) mass is 168 g/mol. The first-order chi connectivity index (χ1) is 5.61. The van der Waals surface area contributed by atoms with Crippen LogP contribution in [0, 0.1) is 13.8 Å². The van der Waals surface area contributed by atoms with Crippen LogP contribution < -0.4 is 0 Å². The van der Waals surface area contributed by atoms with E-state index in [0.717, 1.165) is 11.4 Å². The van der Waals surface area contributed by atoms with Gasteiger partial charge in [-0.1, -0.05) is 0 Å². The Hall–Kier alpha value is -0.830. The summed E-state index contributed by atoms with van der Waals surface area (Å²) in [7, 11) is 0. The molecule has 1 heterocycles. The fraction of sp³-hybridized carbons (Fsp3) is 0.667. The van der Waals surface area contributed by atoms with E-state index in [9.17, 15) is 0 Å². The zero-order valence-electron chi connectivity index (χ0n) is 8.14. The summed E-state index contributed by atoms with van der Waals surface area (Å²) in [6.07, 6.45) is 0.277. The second-order valence-electron chi connectivity index (χ2n) is 3.27. The van der Waals surface area contributed by atoms with Crippen molar-refractivity contribution >= 4 is 0 Å². The van der Waals surface area contributed by atoms with Crippen LogP contribution in [0.4, 0.5) is 0 Å². The van der Waals surface area contributed by atoms with Gasteiger partial charge in [0.05, 0.1) is 18.4 Å². The molecule has 1 aromatic rings. The molecule has 1 rings (SSSR count). The third-order valence-corrected chi connectivity index (χ3v) is 1.84. The number of nitrogens with one attached hydrogen (secondary N) is 1. The van der Waals surface area contributed by atoms with Crippen LogP contribution in [0.3, 0.4) is 0 Å². The van der Waals surface area contributed by atoms with Gasteiger partial charge in [0.25, 0.3) is 0 Å². The number of aryl methyl sites for hydroxylation is 2. The normalized spacial score (nSPS) is 11.1. The molecule has 0 amide bonds. The smallest absolute Gasteiger partial charge is 0.0756 e. The molecule has 0 aliphatic heterocycles. The summed E-state index contributed by atoms with van der Waals surface area (Å²) in [6.45, 7) is 8.73. The molecule has 0 radical (unpaired) electrons. The molecular weight excluding hydrogens is 152 g/mol. The fourth-order valence-electron chi connectivity index (χ4n) is 1.04. The molecule has 0 bridgehead atoms. The molecule has 1 N–H and O–H groups in total. The minimum Gasteiger partial charge on any atom is -0.374 e. The van der Waals surface area contributed by atoms with Crippen LogP contribution in [0.2, 0.25) is 0 Å². The molecule has 68 valence electrons. The molecule has 0 aliphatic rings. The molecule has 0 fully saturated rings. The van der Waals surface area contributed by atoms with Crippen molar-refractivity contribution in [2.24, 2.45) is 0 Å². The van der Waals surface area contributed by atoms with Gasteiger partial charge in [0.15, 0.2) is 0 Å². The maximum absolute atomic E-state index is 5.49. The van der Waals surface area contributed by atoms with Crippen LogP contribution in [0.5, 0.6) is 0 Å². The maximum atomic E-state index is 5.49. The quantitative estimate of drug-likeness (QED) is 0.749. The molecule has 3 nitrogen and oxygen atoms in total. The molecule has 0 saturated heterocycles. The van der Waals surface area contributed by atoms with E-state index in [1.807, 2.05) is 27.7 Å². The summed E-state index contributed by atoms with van der Waals surface area (Å²) < 4.78 is 5.49. The molecule has 0 unspecified atom stereocenters. The highest BCUT2D eigenvalue weighted by Crippen LogP contribution is 2.11. The molecule has 0 saturated carbocycles. The molecule has 0 spiro atoms. The lowest BCUT2D eigenvalue weighted by atomic mass is 10.2. The summed E-state index contributed by atoms with van der Waals surface area (Å²) >= 11 is 0. The minimum atomic E-state index is 0.277. The van der Waals surface area contributed by atoms with Gasteiger partial charge in [0.2, 0.25) is 0 Å². The number of H-pyrrole nitrogens is 1. The third-order valence-electron chi connectivity index (χ3n) is 1.84. The number of hydrogen-bond donors (Lipinski definition) is 1.